The van der Waals surface area contributed by atoms with Gasteiger partial charge in [0, 0.05) is 57.7 Å². The van der Waals surface area contributed by atoms with Gasteiger partial charge in [-0.15, -0.1) is 35.3 Å². The summed E-state index contributed by atoms with van der Waals surface area (Å²) in [6.07, 6.45) is 1.14. The van der Waals surface area contributed by atoms with Crippen LogP contribution in [0.1, 0.15) is 22.0 Å². The Balaban J connectivity index is 0.00000272. The van der Waals surface area contributed by atoms with Gasteiger partial charge in [-0.1, -0.05) is 30.3 Å². The highest BCUT2D eigenvalue weighted by Gasteiger charge is 2.23. The van der Waals surface area contributed by atoms with Crippen LogP contribution >= 0.6 is 35.3 Å². The summed E-state index contributed by atoms with van der Waals surface area (Å²) in [5.74, 6) is 0.877. The van der Waals surface area contributed by atoms with Crippen molar-refractivity contribution in [3.63, 3.8) is 0 Å². The minimum Gasteiger partial charge on any atom is -0.379 e. The molecule has 0 bridgehead atoms. The van der Waals surface area contributed by atoms with Crippen LogP contribution in [0.3, 0.4) is 0 Å². The predicted molar refractivity (Wildman–Crippen MR) is 140 cm³/mol. The number of halogens is 1. The molecule has 170 valence electrons. The average molecular weight is 556 g/mol. The molecule has 0 aliphatic carbocycles. The molecule has 0 amide bonds. The van der Waals surface area contributed by atoms with Crippen LogP contribution in [0.15, 0.2) is 46.8 Å². The number of rotatable bonds is 7. The molecule has 0 spiro atoms. The molecule has 1 atom stereocenters. The number of aliphatic imine (C=N–C) groups is 1. The molecule has 3 heterocycles. The van der Waals surface area contributed by atoms with Crippen LogP contribution < -0.4 is 10.6 Å². The highest BCUT2D eigenvalue weighted by molar-refractivity contribution is 14.0. The molecule has 2 aliphatic rings. The second-order valence-electron chi connectivity index (χ2n) is 7.85. The molecule has 1 aromatic carbocycles. The number of guanidine groups is 1. The van der Waals surface area contributed by atoms with Crippen LogP contribution in [0.2, 0.25) is 0 Å². The third-order valence-corrected chi connectivity index (χ3v) is 6.95. The predicted octanol–water partition coefficient (Wildman–Crippen LogP) is 2.96. The smallest absolute Gasteiger partial charge is 0.191 e. The lowest BCUT2D eigenvalue weighted by molar-refractivity contribution is 0.0177. The number of hydrogen-bond donors (Lipinski definition) is 2. The van der Waals surface area contributed by atoms with E-state index in [1.807, 2.05) is 18.4 Å². The first-order valence-corrected chi connectivity index (χ1v) is 11.8. The van der Waals surface area contributed by atoms with Gasteiger partial charge in [0.15, 0.2) is 5.96 Å². The van der Waals surface area contributed by atoms with E-state index < -0.39 is 0 Å². The third kappa shape index (κ3) is 6.89. The monoisotopic (exact) mass is 555 g/mol. The molecule has 1 saturated heterocycles. The molecule has 8 heteroatoms. The Morgan fingerprint density at radius 2 is 1.90 bits per heavy atom. The Morgan fingerprint density at radius 3 is 2.65 bits per heavy atom. The van der Waals surface area contributed by atoms with Crippen LogP contribution in [0, 0.1) is 0 Å². The van der Waals surface area contributed by atoms with Crippen LogP contribution in [0.5, 0.6) is 0 Å². The Hall–Kier alpha value is -1.20. The van der Waals surface area contributed by atoms with Gasteiger partial charge in [0.25, 0.3) is 0 Å². The van der Waals surface area contributed by atoms with Gasteiger partial charge >= 0.3 is 0 Å². The summed E-state index contributed by atoms with van der Waals surface area (Å²) < 4.78 is 5.55. The summed E-state index contributed by atoms with van der Waals surface area (Å²) in [6.45, 7) is 8.51. The second-order valence-corrected chi connectivity index (χ2v) is 8.83. The molecule has 4 rings (SSSR count). The number of ether oxygens (including phenoxy) is 1. The van der Waals surface area contributed by atoms with E-state index >= 15 is 0 Å². The Labute approximate surface area is 207 Å². The molecule has 2 N–H and O–H groups in total. The number of thiophene rings is 1. The lowest BCUT2D eigenvalue weighted by Crippen LogP contribution is -2.47. The molecule has 2 aromatic rings. The van der Waals surface area contributed by atoms with Crippen molar-refractivity contribution >= 4 is 41.3 Å². The van der Waals surface area contributed by atoms with Gasteiger partial charge in [0.1, 0.15) is 0 Å². The van der Waals surface area contributed by atoms with Crippen molar-refractivity contribution in [1.82, 2.24) is 20.4 Å². The molecule has 0 saturated carbocycles. The fourth-order valence-corrected chi connectivity index (χ4v) is 5.13. The number of hydrogen-bond acceptors (Lipinski definition) is 5. The number of fused-ring (bicyclic) bond motifs is 1. The molecule has 6 nitrogen and oxygen atoms in total. The molecule has 31 heavy (non-hydrogen) atoms. The van der Waals surface area contributed by atoms with Crippen LogP contribution in [-0.2, 0) is 17.7 Å². The van der Waals surface area contributed by atoms with E-state index in [9.17, 15) is 0 Å². The van der Waals surface area contributed by atoms with Gasteiger partial charge in [-0.2, -0.15) is 0 Å². The van der Waals surface area contributed by atoms with Gasteiger partial charge in [-0.3, -0.25) is 14.8 Å². The third-order valence-electron chi connectivity index (χ3n) is 5.97. The quantitative estimate of drug-likeness (QED) is 0.313. The van der Waals surface area contributed by atoms with Crippen LogP contribution in [-0.4, -0.2) is 75.3 Å². The van der Waals surface area contributed by atoms with Crippen molar-refractivity contribution in [2.75, 3.05) is 59.5 Å². The normalized spacial score (nSPS) is 18.7. The van der Waals surface area contributed by atoms with Gasteiger partial charge in [0.05, 0.1) is 19.3 Å². The number of morpholine rings is 1. The fraction of sp³-hybridized carbons (Fsp3) is 0.522. The summed E-state index contributed by atoms with van der Waals surface area (Å²) in [6, 6.07) is 13.5. The first-order valence-electron chi connectivity index (χ1n) is 10.9. The summed E-state index contributed by atoms with van der Waals surface area (Å²) in [5, 5.41) is 9.21. The number of nitrogens with zero attached hydrogens (tertiary/aromatic N) is 3. The zero-order chi connectivity index (χ0) is 20.6. The Bertz CT molecular complexity index is 810. The van der Waals surface area contributed by atoms with Crippen molar-refractivity contribution in [2.24, 2.45) is 4.99 Å². The number of nitrogens with one attached hydrogen (secondary N) is 2. The van der Waals surface area contributed by atoms with E-state index in [2.05, 4.69) is 67.2 Å². The summed E-state index contributed by atoms with van der Waals surface area (Å²) >= 11 is 1.83. The summed E-state index contributed by atoms with van der Waals surface area (Å²) in [5.41, 5.74) is 2.97. The Kier molecular flexibility index (Phi) is 10.0. The van der Waals surface area contributed by atoms with Crippen LogP contribution in [0.4, 0.5) is 0 Å². The van der Waals surface area contributed by atoms with Crippen molar-refractivity contribution in [3.05, 3.63) is 57.8 Å². The first-order chi connectivity index (χ1) is 14.8. The maximum atomic E-state index is 5.55. The van der Waals surface area contributed by atoms with Gasteiger partial charge < -0.3 is 15.4 Å². The largest absolute Gasteiger partial charge is 0.379 e. The summed E-state index contributed by atoms with van der Waals surface area (Å²) in [7, 11) is 1.85. The zero-order valence-electron chi connectivity index (χ0n) is 18.3. The van der Waals surface area contributed by atoms with Crippen molar-refractivity contribution in [3.8, 4) is 0 Å². The molecule has 1 unspecified atom stereocenters. The maximum absolute atomic E-state index is 5.55. The van der Waals surface area contributed by atoms with Crippen molar-refractivity contribution in [2.45, 2.75) is 19.0 Å². The van der Waals surface area contributed by atoms with Gasteiger partial charge in [0.2, 0.25) is 0 Å². The van der Waals surface area contributed by atoms with E-state index in [1.54, 1.807) is 0 Å². The van der Waals surface area contributed by atoms with Gasteiger partial charge in [-0.25, -0.2) is 0 Å². The molecule has 2 aliphatic heterocycles. The van der Waals surface area contributed by atoms with E-state index in [1.165, 1.54) is 16.0 Å². The number of benzene rings is 1. The zero-order valence-corrected chi connectivity index (χ0v) is 21.4. The molecule has 1 fully saturated rings. The van der Waals surface area contributed by atoms with E-state index in [4.69, 9.17) is 4.74 Å². The molecular weight excluding hydrogens is 521 g/mol. The highest BCUT2D eigenvalue weighted by atomic mass is 127. The van der Waals surface area contributed by atoms with Crippen molar-refractivity contribution < 1.29 is 4.74 Å². The molecular formula is C23H34IN5OS. The maximum Gasteiger partial charge on any atom is 0.191 e. The fourth-order valence-electron chi connectivity index (χ4n) is 4.27. The Morgan fingerprint density at radius 1 is 1.10 bits per heavy atom. The SMILES string of the molecule is CN=C(NCCN1CCc2ccccc2C1)NCC(c1cccs1)N1CCOCC1.I. The summed E-state index contributed by atoms with van der Waals surface area (Å²) in [4.78, 5) is 10.9. The van der Waals surface area contributed by atoms with Crippen molar-refractivity contribution in [1.29, 1.82) is 0 Å². The standard InChI is InChI=1S/C23H33N5OS.HI/c1-24-23(25-9-11-27-10-8-19-5-2-3-6-20(19)18-27)26-17-21(22-7-4-16-30-22)28-12-14-29-15-13-28;/h2-7,16,21H,8-15,17-18H2,1H3,(H2,24,25,26);1H. The minimum absolute atomic E-state index is 0. The van der Waals surface area contributed by atoms with E-state index in [-0.39, 0.29) is 24.0 Å². The minimum atomic E-state index is 0. The lowest BCUT2D eigenvalue weighted by Gasteiger charge is -2.34. The molecule has 0 radical (unpaired) electrons. The van der Waals surface area contributed by atoms with Crippen LogP contribution in [0.25, 0.3) is 0 Å². The first kappa shape index (κ1) is 24.4. The topological polar surface area (TPSA) is 52.1 Å². The van der Waals surface area contributed by atoms with E-state index in [0.29, 0.717) is 6.04 Å². The van der Waals surface area contributed by atoms with Gasteiger partial charge in [-0.05, 0) is 29.0 Å². The second kappa shape index (κ2) is 12.7. The average Bonchev–Trinajstić information content (AvgIpc) is 3.33. The highest BCUT2D eigenvalue weighted by Crippen LogP contribution is 2.25. The lowest BCUT2D eigenvalue weighted by atomic mass is 10.00. The molecule has 1 aromatic heterocycles. The van der Waals surface area contributed by atoms with E-state index in [0.717, 1.165) is 71.4 Å².